The minimum atomic E-state index is -1.07. The van der Waals surface area contributed by atoms with Gasteiger partial charge in [-0.3, -0.25) is 10.1 Å². The van der Waals surface area contributed by atoms with Gasteiger partial charge in [0.15, 0.2) is 0 Å². The molecule has 0 aromatic heterocycles. The first-order valence-electron chi connectivity index (χ1n) is 8.86. The molecule has 0 unspecified atom stereocenters. The molecule has 30 heavy (non-hydrogen) atoms. The average Bonchev–Trinajstić information content (AvgIpc) is 2.65. The van der Waals surface area contributed by atoms with Crippen molar-refractivity contribution in [2.45, 2.75) is 33.0 Å². The largest absolute Gasteiger partial charge is 0.488 e. The molecule has 0 bridgehead atoms. The molecule has 0 fully saturated rings. The molecule has 0 radical (unpaired) electrons. The van der Waals surface area contributed by atoms with E-state index in [9.17, 15) is 14.0 Å². The summed E-state index contributed by atoms with van der Waals surface area (Å²) in [6.07, 6.45) is -1.02. The van der Waals surface area contributed by atoms with Gasteiger partial charge in [-0.2, -0.15) is 0 Å². The maximum Gasteiger partial charge on any atom is 0.437 e. The molecule has 2 amide bonds. The van der Waals surface area contributed by atoms with Crippen molar-refractivity contribution in [3.8, 4) is 5.75 Å². The summed E-state index contributed by atoms with van der Waals surface area (Å²) >= 11 is 0. The third-order valence-corrected chi connectivity index (χ3v) is 3.51. The maximum atomic E-state index is 14.7. The molecule has 2 aromatic carbocycles. The molecule has 0 saturated heterocycles. The molecule has 0 atom stereocenters. The van der Waals surface area contributed by atoms with Gasteiger partial charge in [-0.25, -0.2) is 14.0 Å². The number of guanidine groups is 1. The van der Waals surface area contributed by atoms with E-state index in [1.807, 2.05) is 18.2 Å². The van der Waals surface area contributed by atoms with Gasteiger partial charge in [0.2, 0.25) is 11.6 Å². The number of carbonyl (C=O) groups excluding carboxylic acids is 2. The highest BCUT2D eigenvalue weighted by molar-refractivity contribution is 6.09. The molecule has 9 heteroatoms. The number of carbonyl (C=O) groups is 2. The fraction of sp³-hybridized carbons (Fsp3) is 0.238. The number of nitrogens with two attached hydrogens (primary N) is 1. The summed E-state index contributed by atoms with van der Waals surface area (Å²) < 4.78 is 25.3. The Morgan fingerprint density at radius 2 is 1.87 bits per heavy atom. The zero-order chi connectivity index (χ0) is 22.3. The number of halogens is 1. The molecule has 2 rings (SSSR count). The van der Waals surface area contributed by atoms with E-state index in [1.165, 1.54) is 12.1 Å². The lowest BCUT2D eigenvalue weighted by atomic mass is 10.1. The van der Waals surface area contributed by atoms with Crippen LogP contribution in [0.4, 0.5) is 14.9 Å². The quantitative estimate of drug-likeness (QED) is 0.449. The lowest BCUT2D eigenvalue weighted by molar-refractivity contribution is 0.0604. The SMILES string of the molecule is [C-]#[N+]c1ccc(OCc2ccccc2)c(C(=O)NC(N)=NC(=O)OC(C)(C)C)c1F. The van der Waals surface area contributed by atoms with Gasteiger partial charge in [-0.15, -0.1) is 4.99 Å². The minimum absolute atomic E-state index is 0.0689. The smallest absolute Gasteiger partial charge is 0.437 e. The van der Waals surface area contributed by atoms with E-state index in [-0.39, 0.29) is 18.0 Å². The summed E-state index contributed by atoms with van der Waals surface area (Å²) in [6, 6.07) is 11.6. The maximum absolute atomic E-state index is 14.7. The number of amides is 2. The second-order valence-electron chi connectivity index (χ2n) is 7.09. The first-order chi connectivity index (χ1) is 14.1. The van der Waals surface area contributed by atoms with Crippen LogP contribution in [0.1, 0.15) is 36.7 Å². The molecule has 0 saturated carbocycles. The van der Waals surface area contributed by atoms with E-state index in [2.05, 4.69) is 15.2 Å². The van der Waals surface area contributed by atoms with E-state index >= 15 is 0 Å². The predicted molar refractivity (Wildman–Crippen MR) is 109 cm³/mol. The van der Waals surface area contributed by atoms with Crippen molar-refractivity contribution in [1.82, 2.24) is 5.32 Å². The number of ether oxygens (including phenoxy) is 2. The highest BCUT2D eigenvalue weighted by Crippen LogP contribution is 2.30. The minimum Gasteiger partial charge on any atom is -0.488 e. The Morgan fingerprint density at radius 1 is 1.20 bits per heavy atom. The summed E-state index contributed by atoms with van der Waals surface area (Å²) in [7, 11) is 0. The Hall–Kier alpha value is -3.93. The Morgan fingerprint density at radius 3 is 2.47 bits per heavy atom. The topological polar surface area (TPSA) is 107 Å². The van der Waals surface area contributed by atoms with Crippen LogP contribution in [0, 0.1) is 12.4 Å². The second kappa shape index (κ2) is 9.52. The summed E-state index contributed by atoms with van der Waals surface area (Å²) in [4.78, 5) is 30.7. The molecule has 2 aromatic rings. The van der Waals surface area contributed by atoms with Crippen molar-refractivity contribution in [3.05, 3.63) is 70.8 Å². The van der Waals surface area contributed by atoms with Gasteiger partial charge in [0.25, 0.3) is 5.91 Å². The molecule has 0 aliphatic carbocycles. The molecule has 0 heterocycles. The van der Waals surface area contributed by atoms with Crippen molar-refractivity contribution in [2.24, 2.45) is 10.7 Å². The van der Waals surface area contributed by atoms with E-state index < -0.39 is 34.9 Å². The van der Waals surface area contributed by atoms with Gasteiger partial charge >= 0.3 is 6.09 Å². The van der Waals surface area contributed by atoms with E-state index in [1.54, 1.807) is 32.9 Å². The third kappa shape index (κ3) is 6.31. The fourth-order valence-electron chi connectivity index (χ4n) is 2.29. The van der Waals surface area contributed by atoms with Crippen LogP contribution in [0.25, 0.3) is 4.85 Å². The van der Waals surface area contributed by atoms with Crippen molar-refractivity contribution >= 4 is 23.6 Å². The predicted octanol–water partition coefficient (Wildman–Crippen LogP) is 3.94. The molecule has 3 N–H and O–H groups in total. The van der Waals surface area contributed by atoms with Crippen molar-refractivity contribution in [3.63, 3.8) is 0 Å². The van der Waals surface area contributed by atoms with Crippen LogP contribution < -0.4 is 15.8 Å². The molecule has 0 aliphatic heterocycles. The number of rotatable bonds is 4. The molecular formula is C21H21FN4O4. The Kier molecular flexibility index (Phi) is 7.09. The first-order valence-corrected chi connectivity index (χ1v) is 8.86. The van der Waals surface area contributed by atoms with Crippen LogP contribution in [-0.4, -0.2) is 23.6 Å². The zero-order valence-electron chi connectivity index (χ0n) is 16.7. The van der Waals surface area contributed by atoms with Crippen LogP contribution in [-0.2, 0) is 11.3 Å². The fourth-order valence-corrected chi connectivity index (χ4v) is 2.29. The van der Waals surface area contributed by atoms with Crippen LogP contribution in [0.5, 0.6) is 5.75 Å². The lowest BCUT2D eigenvalue weighted by Crippen LogP contribution is -2.38. The molecular weight excluding hydrogens is 391 g/mol. The summed E-state index contributed by atoms with van der Waals surface area (Å²) in [6.45, 7) is 12.0. The van der Waals surface area contributed by atoms with Crippen LogP contribution >= 0.6 is 0 Å². The normalized spacial score (nSPS) is 11.4. The number of aliphatic imine (C=N–C) groups is 1. The van der Waals surface area contributed by atoms with Gasteiger partial charge in [0.1, 0.15) is 29.3 Å². The molecule has 0 aliphatic rings. The van der Waals surface area contributed by atoms with Crippen molar-refractivity contribution in [1.29, 1.82) is 0 Å². The molecule has 156 valence electrons. The summed E-state index contributed by atoms with van der Waals surface area (Å²) in [5.41, 5.74) is 4.66. The van der Waals surface area contributed by atoms with E-state index in [0.29, 0.717) is 0 Å². The lowest BCUT2D eigenvalue weighted by Gasteiger charge is -2.17. The zero-order valence-corrected chi connectivity index (χ0v) is 16.7. The Labute approximate surface area is 173 Å². The average molecular weight is 412 g/mol. The van der Waals surface area contributed by atoms with Crippen LogP contribution in [0.3, 0.4) is 0 Å². The number of nitrogens with one attached hydrogen (secondary N) is 1. The van der Waals surface area contributed by atoms with Crippen LogP contribution in [0.2, 0.25) is 0 Å². The number of benzene rings is 2. The van der Waals surface area contributed by atoms with E-state index in [0.717, 1.165) is 5.56 Å². The first kappa shape index (κ1) is 22.4. The summed E-state index contributed by atoms with van der Waals surface area (Å²) in [5.74, 6) is -2.77. The van der Waals surface area contributed by atoms with Crippen molar-refractivity contribution in [2.75, 3.05) is 0 Å². The van der Waals surface area contributed by atoms with Gasteiger partial charge < -0.3 is 15.2 Å². The van der Waals surface area contributed by atoms with Gasteiger partial charge in [-0.1, -0.05) is 30.3 Å². The van der Waals surface area contributed by atoms with Crippen LogP contribution in [0.15, 0.2) is 47.5 Å². The third-order valence-electron chi connectivity index (χ3n) is 3.51. The highest BCUT2D eigenvalue weighted by atomic mass is 19.1. The van der Waals surface area contributed by atoms with Gasteiger partial charge in [-0.05, 0) is 38.5 Å². The summed E-state index contributed by atoms with van der Waals surface area (Å²) in [5, 5.41) is 2.11. The van der Waals surface area contributed by atoms with E-state index in [4.69, 9.17) is 21.8 Å². The van der Waals surface area contributed by atoms with Gasteiger partial charge in [0, 0.05) is 0 Å². The standard InChI is InChI=1S/C21H21FN4O4/c1-21(2,3)30-20(28)26-19(23)25-18(27)16-15(11-10-14(24-4)17(16)22)29-12-13-8-6-5-7-9-13/h5-11H,12H2,1-3H3,(H3,23,25,26,27,28). The Balaban J connectivity index is 2.26. The van der Waals surface area contributed by atoms with Crippen molar-refractivity contribution < 1.29 is 23.5 Å². The number of hydrogen-bond acceptors (Lipinski definition) is 4. The number of hydrogen-bond donors (Lipinski definition) is 2. The number of nitrogens with zero attached hydrogens (tertiary/aromatic N) is 2. The van der Waals surface area contributed by atoms with Gasteiger partial charge in [0.05, 0.1) is 6.57 Å². The second-order valence-corrected chi connectivity index (χ2v) is 7.09. The molecule has 0 spiro atoms. The Bertz CT molecular complexity index is 1010. The monoisotopic (exact) mass is 412 g/mol. The molecule has 8 nitrogen and oxygen atoms in total. The highest BCUT2D eigenvalue weighted by Gasteiger charge is 2.23.